The summed E-state index contributed by atoms with van der Waals surface area (Å²) in [6, 6.07) is 16.2. The van der Waals surface area contributed by atoms with E-state index in [2.05, 4.69) is 45.5 Å². The van der Waals surface area contributed by atoms with Crippen LogP contribution in [0, 0.1) is 0 Å². The first-order chi connectivity index (χ1) is 11.7. The Hall–Kier alpha value is -1.56. The molecule has 25 heavy (non-hydrogen) atoms. The summed E-state index contributed by atoms with van der Waals surface area (Å²) in [5, 5.41) is 3.13. The van der Waals surface area contributed by atoms with Gasteiger partial charge in [0.05, 0.1) is 11.6 Å². The van der Waals surface area contributed by atoms with E-state index in [0.29, 0.717) is 13.0 Å². The summed E-state index contributed by atoms with van der Waals surface area (Å²) in [5.41, 5.74) is 2.50. The Morgan fingerprint density at radius 1 is 1.20 bits per heavy atom. The van der Waals surface area contributed by atoms with Crippen molar-refractivity contribution in [2.24, 2.45) is 0 Å². The molecular weight excluding hydrogens is 406 g/mol. The van der Waals surface area contributed by atoms with E-state index in [1.165, 1.54) is 18.2 Å². The molecule has 2 atom stereocenters. The second kappa shape index (κ2) is 9.22. The van der Waals surface area contributed by atoms with Gasteiger partial charge in [0.2, 0.25) is 0 Å². The Morgan fingerprint density at radius 3 is 2.64 bits per heavy atom. The molecule has 2 unspecified atom stereocenters. The van der Waals surface area contributed by atoms with Gasteiger partial charge in [-0.25, -0.2) is 0 Å². The predicted molar refractivity (Wildman–Crippen MR) is 103 cm³/mol. The molecule has 1 saturated heterocycles. The summed E-state index contributed by atoms with van der Waals surface area (Å²) >= 11 is 3.59. The number of benzene rings is 2. The zero-order chi connectivity index (χ0) is 16.9. The Labute approximate surface area is 162 Å². The molecule has 0 amide bonds. The van der Waals surface area contributed by atoms with E-state index in [1.807, 2.05) is 24.3 Å². The lowest BCUT2D eigenvalue weighted by molar-refractivity contribution is -0.142. The molecule has 1 heterocycles. The van der Waals surface area contributed by atoms with E-state index in [-0.39, 0.29) is 30.5 Å². The molecule has 1 aliphatic rings. The molecule has 0 saturated carbocycles. The second-order valence-corrected chi connectivity index (χ2v) is 6.74. The highest BCUT2D eigenvalue weighted by molar-refractivity contribution is 9.10. The standard InChI is InChI=1S/C19H20BrNO3.ClH/c1-23-19(22)17-11-15(12-21-17)24-18-8-7-14(10-16(18)20)9-13-5-3-2-4-6-13;/h2-8,10,15,17,21H,9,11-12H2,1H3;1H. The minimum atomic E-state index is -0.281. The summed E-state index contributed by atoms with van der Waals surface area (Å²) in [5.74, 6) is 0.558. The van der Waals surface area contributed by atoms with Gasteiger partial charge in [0.1, 0.15) is 17.9 Å². The van der Waals surface area contributed by atoms with Crippen molar-refractivity contribution in [1.82, 2.24) is 5.32 Å². The number of hydrogen-bond donors (Lipinski definition) is 1. The molecule has 3 rings (SSSR count). The van der Waals surface area contributed by atoms with E-state index in [0.717, 1.165) is 16.6 Å². The van der Waals surface area contributed by atoms with Crippen LogP contribution in [0.2, 0.25) is 0 Å². The van der Waals surface area contributed by atoms with Crippen LogP contribution in [0.5, 0.6) is 5.75 Å². The molecule has 134 valence electrons. The monoisotopic (exact) mass is 425 g/mol. The van der Waals surface area contributed by atoms with Crippen molar-refractivity contribution >= 4 is 34.3 Å². The number of halogens is 2. The van der Waals surface area contributed by atoms with Gasteiger partial charge in [0.25, 0.3) is 0 Å². The van der Waals surface area contributed by atoms with E-state index in [1.54, 1.807) is 0 Å². The lowest BCUT2D eigenvalue weighted by Gasteiger charge is -2.15. The van der Waals surface area contributed by atoms with Crippen LogP contribution in [-0.4, -0.2) is 31.8 Å². The number of hydrogen-bond acceptors (Lipinski definition) is 4. The Morgan fingerprint density at radius 2 is 1.96 bits per heavy atom. The van der Waals surface area contributed by atoms with Crippen molar-refractivity contribution < 1.29 is 14.3 Å². The third kappa shape index (κ3) is 5.21. The average Bonchev–Trinajstić information content (AvgIpc) is 3.06. The molecule has 0 aliphatic carbocycles. The van der Waals surface area contributed by atoms with Crippen LogP contribution in [-0.2, 0) is 16.0 Å². The molecule has 1 N–H and O–H groups in total. The normalized spacial score (nSPS) is 19.1. The largest absolute Gasteiger partial charge is 0.488 e. The second-order valence-electron chi connectivity index (χ2n) is 5.89. The fourth-order valence-corrected chi connectivity index (χ4v) is 3.40. The van der Waals surface area contributed by atoms with Gasteiger partial charge in [-0.05, 0) is 45.6 Å². The maximum atomic E-state index is 11.5. The first kappa shape index (κ1) is 19.8. The van der Waals surface area contributed by atoms with E-state index in [9.17, 15) is 4.79 Å². The molecule has 0 radical (unpaired) electrons. The maximum absolute atomic E-state index is 11.5. The highest BCUT2D eigenvalue weighted by atomic mass is 79.9. The van der Waals surface area contributed by atoms with Crippen LogP contribution in [0.1, 0.15) is 17.5 Å². The summed E-state index contributed by atoms with van der Waals surface area (Å²) in [4.78, 5) is 11.5. The minimum Gasteiger partial charge on any atom is -0.488 e. The first-order valence-electron chi connectivity index (χ1n) is 7.96. The highest BCUT2D eigenvalue weighted by Gasteiger charge is 2.31. The molecule has 4 nitrogen and oxygen atoms in total. The van der Waals surface area contributed by atoms with Crippen molar-refractivity contribution in [2.75, 3.05) is 13.7 Å². The van der Waals surface area contributed by atoms with Gasteiger partial charge in [-0.2, -0.15) is 0 Å². The lowest BCUT2D eigenvalue weighted by Crippen LogP contribution is -2.31. The topological polar surface area (TPSA) is 47.6 Å². The summed E-state index contributed by atoms with van der Waals surface area (Å²) < 4.78 is 11.7. The number of rotatable bonds is 5. The van der Waals surface area contributed by atoms with Gasteiger partial charge in [-0.15, -0.1) is 12.4 Å². The Balaban J connectivity index is 0.00000225. The molecule has 0 bridgehead atoms. The Kier molecular flexibility index (Phi) is 7.29. The third-order valence-corrected chi connectivity index (χ3v) is 4.74. The minimum absolute atomic E-state index is 0. The lowest BCUT2D eigenvalue weighted by atomic mass is 10.1. The zero-order valence-electron chi connectivity index (χ0n) is 13.9. The van der Waals surface area contributed by atoms with Crippen LogP contribution in [0.15, 0.2) is 53.0 Å². The SMILES string of the molecule is COC(=O)C1CC(Oc2ccc(Cc3ccccc3)cc2Br)CN1.Cl. The quantitative estimate of drug-likeness (QED) is 0.740. The number of esters is 1. The maximum Gasteiger partial charge on any atom is 0.323 e. The molecular formula is C19H21BrClNO3. The van der Waals surface area contributed by atoms with Crippen LogP contribution in [0.4, 0.5) is 0 Å². The first-order valence-corrected chi connectivity index (χ1v) is 8.75. The number of methoxy groups -OCH3 is 1. The molecule has 1 fully saturated rings. The van der Waals surface area contributed by atoms with E-state index < -0.39 is 0 Å². The van der Waals surface area contributed by atoms with Crippen molar-refractivity contribution in [2.45, 2.75) is 25.0 Å². The van der Waals surface area contributed by atoms with Gasteiger partial charge < -0.3 is 14.8 Å². The number of ether oxygens (including phenoxy) is 2. The van der Waals surface area contributed by atoms with Crippen molar-refractivity contribution in [1.29, 1.82) is 0 Å². The fourth-order valence-electron chi connectivity index (χ4n) is 2.88. The Bertz CT molecular complexity index is 711. The summed E-state index contributed by atoms with van der Waals surface area (Å²) in [6.07, 6.45) is 1.46. The summed E-state index contributed by atoms with van der Waals surface area (Å²) in [7, 11) is 1.40. The number of nitrogens with one attached hydrogen (secondary N) is 1. The number of carbonyl (C=O) groups is 1. The molecule has 2 aromatic carbocycles. The number of carbonyl (C=O) groups excluding carboxylic acids is 1. The smallest absolute Gasteiger partial charge is 0.323 e. The van der Waals surface area contributed by atoms with Crippen molar-refractivity contribution in [3.63, 3.8) is 0 Å². The highest BCUT2D eigenvalue weighted by Crippen LogP contribution is 2.29. The van der Waals surface area contributed by atoms with Gasteiger partial charge in [-0.1, -0.05) is 36.4 Å². The molecule has 0 aromatic heterocycles. The average molecular weight is 427 g/mol. The van der Waals surface area contributed by atoms with Gasteiger partial charge in [0.15, 0.2) is 0 Å². The van der Waals surface area contributed by atoms with Gasteiger partial charge in [0, 0.05) is 13.0 Å². The van der Waals surface area contributed by atoms with Crippen LogP contribution >= 0.6 is 28.3 Å². The summed E-state index contributed by atoms with van der Waals surface area (Å²) in [6.45, 7) is 0.637. The van der Waals surface area contributed by atoms with Gasteiger partial charge in [-0.3, -0.25) is 4.79 Å². The van der Waals surface area contributed by atoms with Crippen LogP contribution < -0.4 is 10.1 Å². The molecule has 6 heteroatoms. The molecule has 0 spiro atoms. The third-order valence-electron chi connectivity index (χ3n) is 4.12. The van der Waals surface area contributed by atoms with Crippen LogP contribution in [0.3, 0.4) is 0 Å². The van der Waals surface area contributed by atoms with Gasteiger partial charge >= 0.3 is 5.97 Å². The zero-order valence-corrected chi connectivity index (χ0v) is 16.3. The van der Waals surface area contributed by atoms with Crippen LogP contribution in [0.25, 0.3) is 0 Å². The predicted octanol–water partition coefficient (Wildman–Crippen LogP) is 3.74. The fraction of sp³-hybridized carbons (Fsp3) is 0.316. The van der Waals surface area contributed by atoms with E-state index in [4.69, 9.17) is 9.47 Å². The molecule has 2 aromatic rings. The molecule has 1 aliphatic heterocycles. The van der Waals surface area contributed by atoms with Crippen molar-refractivity contribution in [3.8, 4) is 5.75 Å². The van der Waals surface area contributed by atoms with E-state index >= 15 is 0 Å². The van der Waals surface area contributed by atoms with Crippen molar-refractivity contribution in [3.05, 3.63) is 64.1 Å².